The van der Waals surface area contributed by atoms with Gasteiger partial charge in [-0.2, -0.15) is 0 Å². The zero-order valence-corrected chi connectivity index (χ0v) is 6.35. The molecule has 0 saturated carbocycles. The van der Waals surface area contributed by atoms with Gasteiger partial charge in [0.2, 0.25) is 0 Å². The molecule has 0 aliphatic rings. The van der Waals surface area contributed by atoms with Crippen molar-refractivity contribution in [3.05, 3.63) is 0 Å². The molecule has 0 bridgehead atoms. The number of aliphatic hydroxyl groups is 1. The van der Waals surface area contributed by atoms with Crippen molar-refractivity contribution < 1.29 is 14.2 Å². The van der Waals surface area contributed by atoms with Crippen LogP contribution in [-0.2, 0) is 4.74 Å². The molecule has 0 fully saturated rings. The SMILES string of the molecule is CCCCOC[C@H](F)CO. The van der Waals surface area contributed by atoms with Crippen molar-refractivity contribution in [3.8, 4) is 0 Å². The highest BCUT2D eigenvalue weighted by Gasteiger charge is 2.02. The Labute approximate surface area is 61.0 Å². The lowest BCUT2D eigenvalue weighted by Crippen LogP contribution is -2.14. The van der Waals surface area contributed by atoms with Gasteiger partial charge in [0.05, 0.1) is 13.2 Å². The van der Waals surface area contributed by atoms with E-state index in [9.17, 15) is 4.39 Å². The van der Waals surface area contributed by atoms with Gasteiger partial charge in [0.25, 0.3) is 0 Å². The fourth-order valence-electron chi connectivity index (χ4n) is 0.510. The van der Waals surface area contributed by atoms with Crippen molar-refractivity contribution in [2.24, 2.45) is 0 Å². The first-order valence-electron chi connectivity index (χ1n) is 3.64. The summed E-state index contributed by atoms with van der Waals surface area (Å²) in [5.41, 5.74) is 0. The van der Waals surface area contributed by atoms with E-state index in [-0.39, 0.29) is 6.61 Å². The highest BCUT2D eigenvalue weighted by atomic mass is 19.1. The van der Waals surface area contributed by atoms with Gasteiger partial charge in [0.15, 0.2) is 0 Å². The summed E-state index contributed by atoms with van der Waals surface area (Å²) in [4.78, 5) is 0. The van der Waals surface area contributed by atoms with E-state index in [0.29, 0.717) is 6.61 Å². The molecule has 0 spiro atoms. The van der Waals surface area contributed by atoms with Crippen molar-refractivity contribution in [1.29, 1.82) is 0 Å². The third kappa shape index (κ3) is 5.98. The molecule has 0 heterocycles. The molecule has 0 amide bonds. The van der Waals surface area contributed by atoms with Gasteiger partial charge in [0.1, 0.15) is 6.17 Å². The molecule has 0 aromatic carbocycles. The van der Waals surface area contributed by atoms with Crippen LogP contribution in [0.1, 0.15) is 19.8 Å². The Bertz CT molecular complexity index is 68.6. The number of hydrogen-bond acceptors (Lipinski definition) is 2. The molecule has 0 unspecified atom stereocenters. The molecule has 0 aliphatic carbocycles. The van der Waals surface area contributed by atoms with Crippen molar-refractivity contribution in [1.82, 2.24) is 0 Å². The minimum absolute atomic E-state index is 0.0243. The Morgan fingerprint density at radius 1 is 1.60 bits per heavy atom. The highest BCUT2D eigenvalue weighted by molar-refractivity contribution is 4.49. The summed E-state index contributed by atoms with van der Waals surface area (Å²) in [6.07, 6.45) is 0.797. The summed E-state index contributed by atoms with van der Waals surface area (Å²) >= 11 is 0. The number of alkyl halides is 1. The van der Waals surface area contributed by atoms with Gasteiger partial charge in [-0.15, -0.1) is 0 Å². The Balaban J connectivity index is 2.89. The van der Waals surface area contributed by atoms with Gasteiger partial charge in [0, 0.05) is 6.61 Å². The molecule has 1 N–H and O–H groups in total. The third-order valence-corrected chi connectivity index (χ3v) is 1.14. The van der Waals surface area contributed by atoms with Crippen molar-refractivity contribution in [2.75, 3.05) is 19.8 Å². The van der Waals surface area contributed by atoms with Crippen LogP contribution in [0.2, 0.25) is 0 Å². The molecule has 1 atom stereocenters. The maximum Gasteiger partial charge on any atom is 0.146 e. The molecule has 62 valence electrons. The molecule has 0 saturated heterocycles. The molecule has 0 rings (SSSR count). The topological polar surface area (TPSA) is 29.5 Å². The summed E-state index contributed by atoms with van der Waals surface area (Å²) in [6.45, 7) is 2.22. The summed E-state index contributed by atoms with van der Waals surface area (Å²) in [5, 5.41) is 8.24. The van der Waals surface area contributed by atoms with Crippen molar-refractivity contribution in [3.63, 3.8) is 0 Å². The van der Waals surface area contributed by atoms with E-state index < -0.39 is 12.8 Å². The second kappa shape index (κ2) is 6.96. The lowest BCUT2D eigenvalue weighted by molar-refractivity contribution is 0.0511. The van der Waals surface area contributed by atoms with Crippen LogP contribution in [0, 0.1) is 0 Å². The van der Waals surface area contributed by atoms with E-state index in [1.54, 1.807) is 0 Å². The van der Waals surface area contributed by atoms with Crippen LogP contribution in [0.15, 0.2) is 0 Å². The summed E-state index contributed by atoms with van der Waals surface area (Å²) < 4.78 is 17.1. The second-order valence-electron chi connectivity index (χ2n) is 2.21. The highest BCUT2D eigenvalue weighted by Crippen LogP contribution is 1.92. The predicted molar refractivity (Wildman–Crippen MR) is 37.7 cm³/mol. The molecule has 0 aromatic heterocycles. The van der Waals surface area contributed by atoms with Gasteiger partial charge in [-0.3, -0.25) is 0 Å². The molecule has 0 radical (unpaired) electrons. The molecule has 0 aliphatic heterocycles. The molecular weight excluding hydrogens is 135 g/mol. The van der Waals surface area contributed by atoms with Gasteiger partial charge in [-0.05, 0) is 6.42 Å². The van der Waals surface area contributed by atoms with Crippen LogP contribution in [0.5, 0.6) is 0 Å². The molecule has 2 nitrogen and oxygen atoms in total. The van der Waals surface area contributed by atoms with Gasteiger partial charge >= 0.3 is 0 Å². The molecular formula is C7H15FO2. The standard InChI is InChI=1S/C7H15FO2/c1-2-3-4-10-6-7(8)5-9/h7,9H,2-6H2,1H3/t7-/m1/s1. The van der Waals surface area contributed by atoms with Crippen molar-refractivity contribution in [2.45, 2.75) is 25.9 Å². The smallest absolute Gasteiger partial charge is 0.146 e. The van der Waals surface area contributed by atoms with Crippen molar-refractivity contribution >= 4 is 0 Å². The lowest BCUT2D eigenvalue weighted by atomic mass is 10.3. The lowest BCUT2D eigenvalue weighted by Gasteiger charge is -2.04. The first kappa shape index (κ1) is 9.85. The zero-order chi connectivity index (χ0) is 7.82. The fraction of sp³-hybridized carbons (Fsp3) is 1.00. The maximum atomic E-state index is 12.2. The minimum atomic E-state index is -1.21. The van der Waals surface area contributed by atoms with E-state index in [1.807, 2.05) is 6.92 Å². The number of halogens is 1. The first-order chi connectivity index (χ1) is 4.81. The Kier molecular flexibility index (Phi) is 6.86. The van der Waals surface area contributed by atoms with Gasteiger partial charge < -0.3 is 9.84 Å². The van der Waals surface area contributed by atoms with E-state index in [0.717, 1.165) is 12.8 Å². The Hall–Kier alpha value is -0.150. The van der Waals surface area contributed by atoms with Crippen LogP contribution in [0.4, 0.5) is 4.39 Å². The number of ether oxygens (including phenoxy) is 1. The van der Waals surface area contributed by atoms with E-state index in [1.165, 1.54) is 0 Å². The quantitative estimate of drug-likeness (QED) is 0.575. The van der Waals surface area contributed by atoms with E-state index >= 15 is 0 Å². The summed E-state index contributed by atoms with van der Waals surface area (Å²) in [7, 11) is 0. The zero-order valence-electron chi connectivity index (χ0n) is 6.35. The molecule has 10 heavy (non-hydrogen) atoms. The summed E-state index contributed by atoms with van der Waals surface area (Å²) in [5.74, 6) is 0. The van der Waals surface area contributed by atoms with Crippen LogP contribution in [0.3, 0.4) is 0 Å². The first-order valence-corrected chi connectivity index (χ1v) is 3.64. The number of unbranched alkanes of at least 4 members (excludes halogenated alkanes) is 1. The van der Waals surface area contributed by atoms with E-state index in [2.05, 4.69) is 0 Å². The van der Waals surface area contributed by atoms with E-state index in [4.69, 9.17) is 9.84 Å². The molecule has 3 heteroatoms. The van der Waals surface area contributed by atoms with Gasteiger partial charge in [-0.1, -0.05) is 13.3 Å². The fourth-order valence-corrected chi connectivity index (χ4v) is 0.510. The van der Waals surface area contributed by atoms with Gasteiger partial charge in [-0.25, -0.2) is 4.39 Å². The Morgan fingerprint density at radius 3 is 2.80 bits per heavy atom. The summed E-state index contributed by atoms with van der Waals surface area (Å²) in [6, 6.07) is 0. The second-order valence-corrected chi connectivity index (χ2v) is 2.21. The Morgan fingerprint density at radius 2 is 2.30 bits per heavy atom. The predicted octanol–water partition coefficient (Wildman–Crippen LogP) is 1.13. The maximum absolute atomic E-state index is 12.2. The van der Waals surface area contributed by atoms with Crippen LogP contribution in [0.25, 0.3) is 0 Å². The van der Waals surface area contributed by atoms with Crippen LogP contribution in [-0.4, -0.2) is 31.1 Å². The monoisotopic (exact) mass is 150 g/mol. The average molecular weight is 150 g/mol. The third-order valence-electron chi connectivity index (χ3n) is 1.14. The molecule has 0 aromatic rings. The number of aliphatic hydroxyl groups excluding tert-OH is 1. The average Bonchev–Trinajstić information content (AvgIpc) is 1.98. The normalized spacial score (nSPS) is 13.5. The largest absolute Gasteiger partial charge is 0.393 e. The van der Waals surface area contributed by atoms with Crippen LogP contribution >= 0.6 is 0 Å². The number of hydrogen-bond donors (Lipinski definition) is 1. The minimum Gasteiger partial charge on any atom is -0.393 e. The van der Waals surface area contributed by atoms with Crippen LogP contribution < -0.4 is 0 Å². The number of rotatable bonds is 6.